The third-order valence-corrected chi connectivity index (χ3v) is 3.14. The molecule has 0 spiro atoms. The molecule has 1 N–H and O–H groups in total. The molecule has 0 aliphatic carbocycles. The van der Waals surface area contributed by atoms with Gasteiger partial charge in [0.2, 0.25) is 5.91 Å². The van der Waals surface area contributed by atoms with Gasteiger partial charge in [0.05, 0.1) is 20.3 Å². The Morgan fingerprint density at radius 3 is 2.39 bits per heavy atom. The normalized spacial score (nSPS) is 10.1. The van der Waals surface area contributed by atoms with Crippen molar-refractivity contribution in [3.63, 3.8) is 0 Å². The molecule has 0 unspecified atom stereocenters. The number of ether oxygens (including phenoxy) is 2. The number of hydrogen-bond acceptors (Lipinski definition) is 4. The Hall–Kier alpha value is -2.53. The van der Waals surface area contributed by atoms with Gasteiger partial charge in [-0.05, 0) is 36.2 Å². The number of carbonyl (C=O) groups excluding carboxylic acids is 1. The van der Waals surface area contributed by atoms with E-state index in [9.17, 15) is 4.79 Å². The maximum absolute atomic E-state index is 11.6. The molecule has 0 heterocycles. The molecule has 0 atom stereocenters. The maximum Gasteiger partial charge on any atom is 0.243 e. The van der Waals surface area contributed by atoms with Gasteiger partial charge < -0.3 is 9.47 Å². The maximum atomic E-state index is 11.6. The third-order valence-electron chi connectivity index (χ3n) is 3.14. The molecule has 0 bridgehead atoms. The van der Waals surface area contributed by atoms with Gasteiger partial charge in [0.1, 0.15) is 11.5 Å². The van der Waals surface area contributed by atoms with Crippen molar-refractivity contribution in [2.24, 2.45) is 0 Å². The zero-order valence-electron chi connectivity index (χ0n) is 13.2. The molecule has 5 nitrogen and oxygen atoms in total. The Balaban J connectivity index is 1.55. The highest BCUT2D eigenvalue weighted by molar-refractivity contribution is 5.74. The van der Waals surface area contributed by atoms with Crippen molar-refractivity contribution in [1.82, 2.24) is 5.48 Å². The fourth-order valence-corrected chi connectivity index (χ4v) is 1.92. The quantitative estimate of drug-likeness (QED) is 0.570. The largest absolute Gasteiger partial charge is 0.497 e. The van der Waals surface area contributed by atoms with E-state index in [1.54, 1.807) is 7.11 Å². The number of hydrogen-bond donors (Lipinski definition) is 1. The Morgan fingerprint density at radius 2 is 1.70 bits per heavy atom. The zero-order valence-corrected chi connectivity index (χ0v) is 13.2. The summed E-state index contributed by atoms with van der Waals surface area (Å²) in [6.45, 7) is 0.827. The summed E-state index contributed by atoms with van der Waals surface area (Å²) in [5.41, 5.74) is 3.44. The van der Waals surface area contributed by atoms with E-state index in [0.717, 1.165) is 17.1 Å². The van der Waals surface area contributed by atoms with Crippen LogP contribution in [0, 0.1) is 0 Å². The molecule has 2 aromatic carbocycles. The van der Waals surface area contributed by atoms with Crippen LogP contribution < -0.4 is 15.0 Å². The minimum atomic E-state index is -0.153. The van der Waals surface area contributed by atoms with Crippen LogP contribution in [0.5, 0.6) is 11.5 Å². The molecular weight excluding hydrogens is 294 g/mol. The Bertz CT molecular complexity index is 584. The molecule has 0 aliphatic heterocycles. The van der Waals surface area contributed by atoms with E-state index in [-0.39, 0.29) is 5.91 Å². The van der Waals surface area contributed by atoms with E-state index in [1.165, 1.54) is 0 Å². The predicted molar refractivity (Wildman–Crippen MR) is 87.1 cm³/mol. The summed E-state index contributed by atoms with van der Waals surface area (Å²) in [5, 5.41) is 0. The van der Waals surface area contributed by atoms with E-state index in [1.807, 2.05) is 54.6 Å². The van der Waals surface area contributed by atoms with Crippen molar-refractivity contribution >= 4 is 5.91 Å². The molecular formula is C18H21NO4. The number of benzene rings is 2. The second-order valence-corrected chi connectivity index (χ2v) is 4.93. The highest BCUT2D eigenvalue weighted by Gasteiger charge is 2.02. The average Bonchev–Trinajstić information content (AvgIpc) is 2.60. The summed E-state index contributed by atoms with van der Waals surface area (Å²) in [5.74, 6) is 1.39. The SMILES string of the molecule is COc1ccc(OCCCC(=O)NOCc2ccccc2)cc1. The lowest BCUT2D eigenvalue weighted by molar-refractivity contribution is -0.134. The minimum Gasteiger partial charge on any atom is -0.497 e. The van der Waals surface area contributed by atoms with Crippen LogP contribution in [0.15, 0.2) is 54.6 Å². The van der Waals surface area contributed by atoms with Crippen LogP contribution in [0.2, 0.25) is 0 Å². The lowest BCUT2D eigenvalue weighted by atomic mass is 10.2. The van der Waals surface area contributed by atoms with Crippen molar-refractivity contribution < 1.29 is 19.1 Å². The van der Waals surface area contributed by atoms with Gasteiger partial charge in [-0.3, -0.25) is 9.63 Å². The van der Waals surface area contributed by atoms with Gasteiger partial charge in [0, 0.05) is 6.42 Å². The lowest BCUT2D eigenvalue weighted by Crippen LogP contribution is -2.23. The van der Waals surface area contributed by atoms with Crippen LogP contribution >= 0.6 is 0 Å². The van der Waals surface area contributed by atoms with Gasteiger partial charge in [-0.2, -0.15) is 0 Å². The molecule has 0 aliphatic rings. The summed E-state index contributed by atoms with van der Waals surface area (Å²) in [6.07, 6.45) is 0.970. The molecule has 0 fully saturated rings. The topological polar surface area (TPSA) is 56.8 Å². The van der Waals surface area contributed by atoms with Crippen LogP contribution in [-0.2, 0) is 16.2 Å². The van der Waals surface area contributed by atoms with Crippen LogP contribution in [0.3, 0.4) is 0 Å². The van der Waals surface area contributed by atoms with Gasteiger partial charge in [0.25, 0.3) is 0 Å². The molecule has 122 valence electrons. The monoisotopic (exact) mass is 315 g/mol. The minimum absolute atomic E-state index is 0.153. The number of amides is 1. The molecule has 1 amide bonds. The summed E-state index contributed by atoms with van der Waals surface area (Å²) >= 11 is 0. The number of methoxy groups -OCH3 is 1. The summed E-state index contributed by atoms with van der Waals surface area (Å²) in [7, 11) is 1.62. The lowest BCUT2D eigenvalue weighted by Gasteiger charge is -2.08. The Labute approximate surface area is 136 Å². The van der Waals surface area contributed by atoms with Crippen LogP contribution in [0.25, 0.3) is 0 Å². The molecule has 0 saturated carbocycles. The number of hydroxylamine groups is 1. The average molecular weight is 315 g/mol. The second kappa shape index (κ2) is 9.48. The smallest absolute Gasteiger partial charge is 0.243 e. The first-order valence-corrected chi connectivity index (χ1v) is 7.49. The first-order chi connectivity index (χ1) is 11.3. The zero-order chi connectivity index (χ0) is 16.3. The molecule has 23 heavy (non-hydrogen) atoms. The number of rotatable bonds is 9. The van der Waals surface area contributed by atoms with Crippen molar-refractivity contribution in [2.45, 2.75) is 19.4 Å². The van der Waals surface area contributed by atoms with E-state index in [4.69, 9.17) is 14.3 Å². The van der Waals surface area contributed by atoms with Gasteiger partial charge in [-0.25, -0.2) is 5.48 Å². The van der Waals surface area contributed by atoms with E-state index >= 15 is 0 Å². The van der Waals surface area contributed by atoms with Gasteiger partial charge in [0.15, 0.2) is 0 Å². The van der Waals surface area contributed by atoms with E-state index in [0.29, 0.717) is 26.1 Å². The molecule has 2 rings (SSSR count). The van der Waals surface area contributed by atoms with Crippen LogP contribution in [0.1, 0.15) is 18.4 Å². The van der Waals surface area contributed by atoms with Crippen LogP contribution in [-0.4, -0.2) is 19.6 Å². The third kappa shape index (κ3) is 6.40. The van der Waals surface area contributed by atoms with E-state index in [2.05, 4.69) is 5.48 Å². The predicted octanol–water partition coefficient (Wildman–Crippen LogP) is 3.10. The highest BCUT2D eigenvalue weighted by atomic mass is 16.6. The highest BCUT2D eigenvalue weighted by Crippen LogP contribution is 2.17. The Kier molecular flexibility index (Phi) is 6.94. The van der Waals surface area contributed by atoms with Gasteiger partial charge >= 0.3 is 0 Å². The van der Waals surface area contributed by atoms with Gasteiger partial charge in [-0.1, -0.05) is 30.3 Å². The molecule has 0 saturated heterocycles. The van der Waals surface area contributed by atoms with Gasteiger partial charge in [-0.15, -0.1) is 0 Å². The van der Waals surface area contributed by atoms with Crippen molar-refractivity contribution in [2.75, 3.05) is 13.7 Å². The standard InChI is InChI=1S/C18H21NO4/c1-21-16-9-11-17(12-10-16)22-13-5-8-18(20)19-23-14-15-6-3-2-4-7-15/h2-4,6-7,9-12H,5,8,13-14H2,1H3,(H,19,20). The second-order valence-electron chi connectivity index (χ2n) is 4.93. The summed E-state index contributed by atoms with van der Waals surface area (Å²) in [4.78, 5) is 16.8. The first kappa shape index (κ1) is 16.8. The number of carbonyl (C=O) groups is 1. The van der Waals surface area contributed by atoms with Crippen molar-refractivity contribution in [1.29, 1.82) is 0 Å². The molecule has 0 radical (unpaired) electrons. The fourth-order valence-electron chi connectivity index (χ4n) is 1.92. The molecule has 5 heteroatoms. The van der Waals surface area contributed by atoms with Crippen molar-refractivity contribution in [3.8, 4) is 11.5 Å². The van der Waals surface area contributed by atoms with Crippen molar-refractivity contribution in [3.05, 3.63) is 60.2 Å². The van der Waals surface area contributed by atoms with E-state index < -0.39 is 0 Å². The summed E-state index contributed by atoms with van der Waals surface area (Å²) < 4.78 is 10.6. The summed E-state index contributed by atoms with van der Waals surface area (Å²) in [6, 6.07) is 17.0. The fraction of sp³-hybridized carbons (Fsp3) is 0.278. The number of nitrogens with one attached hydrogen (secondary N) is 1. The molecule has 2 aromatic rings. The van der Waals surface area contributed by atoms with Crippen LogP contribution in [0.4, 0.5) is 0 Å². The first-order valence-electron chi connectivity index (χ1n) is 7.49. The molecule has 0 aromatic heterocycles. The Morgan fingerprint density at radius 1 is 1.00 bits per heavy atom.